The molecule has 0 aliphatic carbocycles. The molecule has 1 amide bonds. The summed E-state index contributed by atoms with van der Waals surface area (Å²) in [6.45, 7) is 0.489. The molecule has 0 radical (unpaired) electrons. The summed E-state index contributed by atoms with van der Waals surface area (Å²) in [6.07, 6.45) is 0.728. The Labute approximate surface area is 140 Å². The van der Waals surface area contributed by atoms with Gasteiger partial charge >= 0.3 is 0 Å². The second kappa shape index (κ2) is 6.18. The zero-order chi connectivity index (χ0) is 17.4. The van der Waals surface area contributed by atoms with Gasteiger partial charge in [-0.3, -0.25) is 4.79 Å². The number of para-hydroxylation sites is 1. The van der Waals surface area contributed by atoms with Gasteiger partial charge in [0, 0.05) is 31.7 Å². The largest absolute Gasteiger partial charge is 0.377 e. The molecule has 0 spiro atoms. The van der Waals surface area contributed by atoms with Crippen molar-refractivity contribution in [3.8, 4) is 0 Å². The van der Waals surface area contributed by atoms with Crippen molar-refractivity contribution in [1.82, 2.24) is 4.90 Å². The first kappa shape index (κ1) is 16.9. The highest BCUT2D eigenvalue weighted by atomic mass is 32.2. The molecule has 2 aliphatic heterocycles. The van der Waals surface area contributed by atoms with E-state index in [2.05, 4.69) is 0 Å². The number of hydrogen-bond acceptors (Lipinski definition) is 6. The monoisotopic (exact) mass is 352 g/mol. The molecule has 0 aromatic heterocycles. The normalized spacial score (nSPS) is 29.5. The van der Waals surface area contributed by atoms with Crippen molar-refractivity contribution in [2.24, 2.45) is 0 Å². The number of rotatable bonds is 3. The minimum Gasteiger partial charge on any atom is -0.377 e. The molecule has 2 unspecified atom stereocenters. The third-order valence-corrected chi connectivity index (χ3v) is 6.39. The maximum absolute atomic E-state index is 12.8. The summed E-state index contributed by atoms with van der Waals surface area (Å²) < 4.78 is 23.0. The molecule has 2 aliphatic rings. The lowest BCUT2D eigenvalue weighted by Crippen LogP contribution is -2.59. The van der Waals surface area contributed by atoms with Gasteiger partial charge in [-0.2, -0.15) is 0 Å². The lowest BCUT2D eigenvalue weighted by atomic mass is 9.93. The molecule has 1 aromatic rings. The smallest absolute Gasteiger partial charge is 0.257 e. The van der Waals surface area contributed by atoms with Gasteiger partial charge in [0.05, 0.1) is 11.5 Å². The molecule has 7 nitrogen and oxygen atoms in total. The van der Waals surface area contributed by atoms with Crippen LogP contribution < -0.4 is 4.90 Å². The number of aliphatic hydroxyl groups is 1. The van der Waals surface area contributed by atoms with Crippen molar-refractivity contribution in [2.75, 3.05) is 36.0 Å². The highest BCUT2D eigenvalue weighted by Crippen LogP contribution is 2.33. The fourth-order valence-corrected chi connectivity index (χ4v) is 4.55. The number of nitrogens with zero attached hydrogens (tertiary/aromatic N) is 2. The van der Waals surface area contributed by atoms with Crippen LogP contribution in [0.1, 0.15) is 6.42 Å². The quantitative estimate of drug-likeness (QED) is 0.734. The van der Waals surface area contributed by atoms with Crippen LogP contribution in [0, 0.1) is 0 Å². The average Bonchev–Trinajstić information content (AvgIpc) is 2.93. The van der Waals surface area contributed by atoms with E-state index in [1.54, 1.807) is 4.90 Å². The van der Waals surface area contributed by atoms with Crippen LogP contribution in [-0.4, -0.2) is 73.4 Å². The molecule has 0 bridgehead atoms. The van der Waals surface area contributed by atoms with Crippen molar-refractivity contribution in [3.63, 3.8) is 0 Å². The number of hydrogen-bond donors (Lipinski definition) is 1. The number of sulfone groups is 1. The minimum atomic E-state index is -3.12. The summed E-state index contributed by atoms with van der Waals surface area (Å²) in [7, 11) is -3.12. The molecule has 2 atom stereocenters. The predicted octanol–water partition coefficient (Wildman–Crippen LogP) is -0.548. The van der Waals surface area contributed by atoms with E-state index in [0.29, 0.717) is 12.8 Å². The SMILES string of the molecule is O=CC1N(c2ccccc2)CCC1(O)C(=O)N1CCS(=O)(=O)CC1. The summed E-state index contributed by atoms with van der Waals surface area (Å²) in [5.41, 5.74) is -1.06. The Morgan fingerprint density at radius 1 is 1.17 bits per heavy atom. The Morgan fingerprint density at radius 3 is 2.38 bits per heavy atom. The number of anilines is 1. The van der Waals surface area contributed by atoms with E-state index < -0.39 is 27.4 Å². The first-order valence-corrected chi connectivity index (χ1v) is 9.69. The molecule has 8 heteroatoms. The van der Waals surface area contributed by atoms with Gasteiger partial charge < -0.3 is 19.7 Å². The Morgan fingerprint density at radius 2 is 1.79 bits per heavy atom. The molecular weight excluding hydrogens is 332 g/mol. The standard InChI is InChI=1S/C16H20N2O5S/c19-12-14-16(21,6-7-18(14)13-4-2-1-3-5-13)15(20)17-8-10-24(22,23)11-9-17/h1-5,12,14,21H,6-11H2. The van der Waals surface area contributed by atoms with Crippen molar-refractivity contribution >= 4 is 27.7 Å². The van der Waals surface area contributed by atoms with Gasteiger partial charge in [-0.25, -0.2) is 8.42 Å². The highest BCUT2D eigenvalue weighted by molar-refractivity contribution is 7.91. The Balaban J connectivity index is 1.82. The van der Waals surface area contributed by atoms with Crippen LogP contribution in [0.25, 0.3) is 0 Å². The summed E-state index contributed by atoms with van der Waals surface area (Å²) >= 11 is 0. The molecule has 2 heterocycles. The van der Waals surface area contributed by atoms with Crippen molar-refractivity contribution < 1.29 is 23.1 Å². The summed E-state index contributed by atoms with van der Waals surface area (Å²) in [5.74, 6) is -0.778. The predicted molar refractivity (Wildman–Crippen MR) is 88.4 cm³/mol. The van der Waals surface area contributed by atoms with E-state index in [1.807, 2.05) is 30.3 Å². The molecule has 2 fully saturated rings. The van der Waals surface area contributed by atoms with Crippen LogP contribution in [0.2, 0.25) is 0 Å². The molecule has 24 heavy (non-hydrogen) atoms. The minimum absolute atomic E-state index is 0.0559. The molecule has 3 rings (SSSR count). The van der Waals surface area contributed by atoms with Crippen LogP contribution in [0.15, 0.2) is 30.3 Å². The first-order chi connectivity index (χ1) is 11.4. The number of carbonyl (C=O) groups is 2. The van der Waals surface area contributed by atoms with Gasteiger partial charge in [0.2, 0.25) is 0 Å². The van der Waals surface area contributed by atoms with Crippen molar-refractivity contribution in [1.29, 1.82) is 0 Å². The zero-order valence-electron chi connectivity index (χ0n) is 13.2. The third-order valence-electron chi connectivity index (χ3n) is 4.78. The van der Waals surface area contributed by atoms with E-state index in [1.165, 1.54) is 4.90 Å². The number of aldehydes is 1. The van der Waals surface area contributed by atoms with E-state index >= 15 is 0 Å². The van der Waals surface area contributed by atoms with Gasteiger partial charge in [-0.15, -0.1) is 0 Å². The lowest BCUT2D eigenvalue weighted by molar-refractivity contribution is -0.152. The fourth-order valence-electron chi connectivity index (χ4n) is 3.35. The summed E-state index contributed by atoms with van der Waals surface area (Å²) in [4.78, 5) is 27.5. The Bertz CT molecular complexity index is 722. The third kappa shape index (κ3) is 2.91. The van der Waals surface area contributed by atoms with Gasteiger partial charge in [0.15, 0.2) is 15.4 Å². The first-order valence-electron chi connectivity index (χ1n) is 7.86. The molecule has 1 aromatic carbocycles. The van der Waals surface area contributed by atoms with E-state index in [4.69, 9.17) is 0 Å². The van der Waals surface area contributed by atoms with Crippen LogP contribution >= 0.6 is 0 Å². The Hall–Kier alpha value is -1.93. The summed E-state index contributed by atoms with van der Waals surface area (Å²) in [5, 5.41) is 10.9. The summed E-state index contributed by atoms with van der Waals surface area (Å²) in [6, 6.07) is 8.16. The Kier molecular flexibility index (Phi) is 4.35. The van der Waals surface area contributed by atoms with Gasteiger partial charge in [-0.1, -0.05) is 18.2 Å². The van der Waals surface area contributed by atoms with Crippen molar-refractivity contribution in [2.45, 2.75) is 18.1 Å². The van der Waals surface area contributed by atoms with E-state index in [0.717, 1.165) is 5.69 Å². The van der Waals surface area contributed by atoms with Crippen LogP contribution in [0.3, 0.4) is 0 Å². The molecule has 2 saturated heterocycles. The molecule has 1 N–H and O–H groups in total. The van der Waals surface area contributed by atoms with Gasteiger partial charge in [-0.05, 0) is 12.1 Å². The fraction of sp³-hybridized carbons (Fsp3) is 0.500. The number of amides is 1. The molecule has 0 saturated carbocycles. The molecular formula is C16H20N2O5S. The lowest BCUT2D eigenvalue weighted by Gasteiger charge is -2.36. The zero-order valence-corrected chi connectivity index (χ0v) is 14.0. The number of carbonyl (C=O) groups excluding carboxylic acids is 2. The molecule has 130 valence electrons. The maximum atomic E-state index is 12.8. The highest BCUT2D eigenvalue weighted by Gasteiger charge is 2.53. The number of benzene rings is 1. The van der Waals surface area contributed by atoms with Gasteiger partial charge in [0.25, 0.3) is 5.91 Å². The van der Waals surface area contributed by atoms with Gasteiger partial charge in [0.1, 0.15) is 12.3 Å². The van der Waals surface area contributed by atoms with E-state index in [9.17, 15) is 23.1 Å². The second-order valence-electron chi connectivity index (χ2n) is 6.23. The van der Waals surface area contributed by atoms with Crippen molar-refractivity contribution in [3.05, 3.63) is 30.3 Å². The second-order valence-corrected chi connectivity index (χ2v) is 8.53. The average molecular weight is 352 g/mol. The van der Waals surface area contributed by atoms with E-state index in [-0.39, 0.29) is 31.0 Å². The maximum Gasteiger partial charge on any atom is 0.257 e. The van der Waals surface area contributed by atoms with Crippen LogP contribution in [0.5, 0.6) is 0 Å². The van der Waals surface area contributed by atoms with Crippen LogP contribution in [0.4, 0.5) is 5.69 Å². The van der Waals surface area contributed by atoms with Crippen LogP contribution in [-0.2, 0) is 19.4 Å². The topological polar surface area (TPSA) is 95.0 Å².